The molecule has 0 bridgehead atoms. The van der Waals surface area contributed by atoms with Crippen LogP contribution in [0.4, 0.5) is 4.39 Å². The van der Waals surface area contributed by atoms with Gasteiger partial charge in [0, 0.05) is 0 Å². The normalized spacial score (nSPS) is 10.5. The van der Waals surface area contributed by atoms with Crippen LogP contribution in [0.25, 0.3) is 0 Å². The molecule has 0 radical (unpaired) electrons. The maximum atomic E-state index is 13.4. The first-order valence-electron chi connectivity index (χ1n) is 4.74. The molecule has 1 aromatic carbocycles. The lowest BCUT2D eigenvalue weighted by atomic mass is 10.2. The largest absolute Gasteiger partial charge is 0.505 e. The van der Waals surface area contributed by atoms with Crippen molar-refractivity contribution in [1.29, 1.82) is 0 Å². The maximum absolute atomic E-state index is 13.4. The number of phenolic OH excluding ortho intramolecular Hbond substituents is 1. The number of hydrogen-bond acceptors (Lipinski definition) is 3. The predicted molar refractivity (Wildman–Crippen MR) is 54.9 cm³/mol. The summed E-state index contributed by atoms with van der Waals surface area (Å²) in [6.45, 7) is 4.27. The summed E-state index contributed by atoms with van der Waals surface area (Å²) in [6, 6.07) is 2.70. The summed E-state index contributed by atoms with van der Waals surface area (Å²) in [6.07, 6.45) is 0. The van der Waals surface area contributed by atoms with Crippen LogP contribution in [0.1, 0.15) is 13.8 Å². The lowest BCUT2D eigenvalue weighted by Gasteiger charge is -2.13. The average molecular weight is 214 g/mol. The van der Waals surface area contributed by atoms with Crippen LogP contribution in [-0.2, 0) is 0 Å². The third kappa shape index (κ3) is 2.75. The van der Waals surface area contributed by atoms with Crippen molar-refractivity contribution in [2.75, 3.05) is 13.7 Å². The summed E-state index contributed by atoms with van der Waals surface area (Å²) in [5, 5.41) is 9.17. The second-order valence-corrected chi connectivity index (χ2v) is 3.63. The van der Waals surface area contributed by atoms with E-state index in [0.717, 1.165) is 0 Å². The van der Waals surface area contributed by atoms with E-state index in [9.17, 15) is 9.50 Å². The van der Waals surface area contributed by atoms with Crippen LogP contribution >= 0.6 is 0 Å². The van der Waals surface area contributed by atoms with Gasteiger partial charge in [0.15, 0.2) is 11.5 Å². The predicted octanol–water partition coefficient (Wildman–Crippen LogP) is 2.57. The second kappa shape index (κ2) is 4.87. The molecule has 0 heterocycles. The topological polar surface area (TPSA) is 38.7 Å². The van der Waals surface area contributed by atoms with Gasteiger partial charge in [0.25, 0.3) is 0 Å². The average Bonchev–Trinajstić information content (AvgIpc) is 2.20. The molecular weight excluding hydrogens is 199 g/mol. The molecule has 0 fully saturated rings. The number of phenols is 1. The van der Waals surface area contributed by atoms with E-state index in [4.69, 9.17) is 9.47 Å². The quantitative estimate of drug-likeness (QED) is 0.837. The van der Waals surface area contributed by atoms with Crippen molar-refractivity contribution in [2.45, 2.75) is 13.8 Å². The fraction of sp³-hybridized carbons (Fsp3) is 0.455. The SMILES string of the molecule is COc1ccc(O)c(F)c1OCC(C)C. The van der Waals surface area contributed by atoms with Gasteiger partial charge >= 0.3 is 0 Å². The molecular formula is C11H15FO3. The Kier molecular flexibility index (Phi) is 3.77. The number of halogens is 1. The molecule has 0 saturated carbocycles. The van der Waals surface area contributed by atoms with Crippen molar-refractivity contribution < 1.29 is 19.0 Å². The highest BCUT2D eigenvalue weighted by Gasteiger charge is 2.15. The van der Waals surface area contributed by atoms with E-state index in [1.807, 2.05) is 13.8 Å². The van der Waals surface area contributed by atoms with Crippen molar-refractivity contribution in [3.8, 4) is 17.2 Å². The number of benzene rings is 1. The standard InChI is InChI=1S/C11H15FO3/c1-7(2)6-15-11-9(14-3)5-4-8(13)10(11)12/h4-5,7,13H,6H2,1-3H3. The van der Waals surface area contributed by atoms with Crippen LogP contribution < -0.4 is 9.47 Å². The first-order valence-corrected chi connectivity index (χ1v) is 4.74. The van der Waals surface area contributed by atoms with Gasteiger partial charge in [-0.3, -0.25) is 0 Å². The van der Waals surface area contributed by atoms with Gasteiger partial charge in [-0.15, -0.1) is 0 Å². The molecule has 0 aromatic heterocycles. The summed E-state index contributed by atoms with van der Waals surface area (Å²) < 4.78 is 23.6. The highest BCUT2D eigenvalue weighted by molar-refractivity contribution is 5.46. The molecule has 84 valence electrons. The number of rotatable bonds is 4. The Morgan fingerprint density at radius 3 is 2.60 bits per heavy atom. The molecule has 1 N–H and O–H groups in total. The highest BCUT2D eigenvalue weighted by Crippen LogP contribution is 2.35. The zero-order chi connectivity index (χ0) is 11.4. The lowest BCUT2D eigenvalue weighted by Crippen LogP contribution is -2.07. The van der Waals surface area contributed by atoms with Crippen molar-refractivity contribution in [2.24, 2.45) is 5.92 Å². The molecule has 1 rings (SSSR count). The van der Waals surface area contributed by atoms with Gasteiger partial charge in [-0.05, 0) is 18.1 Å². The van der Waals surface area contributed by atoms with Crippen LogP contribution in [0.3, 0.4) is 0 Å². The molecule has 0 aliphatic heterocycles. The van der Waals surface area contributed by atoms with Gasteiger partial charge in [-0.1, -0.05) is 13.8 Å². The second-order valence-electron chi connectivity index (χ2n) is 3.63. The highest BCUT2D eigenvalue weighted by atomic mass is 19.1. The van der Waals surface area contributed by atoms with Crippen LogP contribution in [0.2, 0.25) is 0 Å². The summed E-state index contributed by atoms with van der Waals surface area (Å²) in [4.78, 5) is 0. The molecule has 1 aromatic rings. The first-order chi connectivity index (χ1) is 7.06. The Bertz CT molecular complexity index is 337. The number of aromatic hydroxyl groups is 1. The fourth-order valence-electron chi connectivity index (χ4n) is 1.07. The first kappa shape index (κ1) is 11.6. The minimum atomic E-state index is -0.782. The Hall–Kier alpha value is -1.45. The van der Waals surface area contributed by atoms with Gasteiger partial charge in [0.05, 0.1) is 13.7 Å². The van der Waals surface area contributed by atoms with Crippen LogP contribution in [-0.4, -0.2) is 18.8 Å². The third-order valence-corrected chi connectivity index (χ3v) is 1.82. The van der Waals surface area contributed by atoms with Gasteiger partial charge in [-0.25, -0.2) is 0 Å². The Labute approximate surface area is 88.4 Å². The van der Waals surface area contributed by atoms with Crippen molar-refractivity contribution in [3.63, 3.8) is 0 Å². The Balaban J connectivity index is 2.96. The van der Waals surface area contributed by atoms with E-state index in [1.54, 1.807) is 0 Å². The molecule has 0 atom stereocenters. The van der Waals surface area contributed by atoms with E-state index < -0.39 is 11.6 Å². The summed E-state index contributed by atoms with van der Waals surface area (Å²) in [7, 11) is 1.42. The molecule has 4 heteroatoms. The smallest absolute Gasteiger partial charge is 0.210 e. The monoisotopic (exact) mass is 214 g/mol. The van der Waals surface area contributed by atoms with Gasteiger partial charge in [0.2, 0.25) is 11.6 Å². The summed E-state index contributed by atoms with van der Waals surface area (Å²) in [5.41, 5.74) is 0. The molecule has 0 aliphatic rings. The minimum absolute atomic E-state index is 0.0359. The third-order valence-electron chi connectivity index (χ3n) is 1.82. The summed E-state index contributed by atoms with van der Waals surface area (Å²) in [5.74, 6) is -0.696. The van der Waals surface area contributed by atoms with E-state index in [0.29, 0.717) is 6.61 Å². The molecule has 0 saturated heterocycles. The molecule has 3 nitrogen and oxygen atoms in total. The van der Waals surface area contributed by atoms with Crippen molar-refractivity contribution >= 4 is 0 Å². The number of ether oxygens (including phenoxy) is 2. The zero-order valence-electron chi connectivity index (χ0n) is 9.08. The number of methoxy groups -OCH3 is 1. The van der Waals surface area contributed by atoms with Crippen molar-refractivity contribution in [3.05, 3.63) is 17.9 Å². The fourth-order valence-corrected chi connectivity index (χ4v) is 1.07. The van der Waals surface area contributed by atoms with Gasteiger partial charge in [0.1, 0.15) is 0 Å². The van der Waals surface area contributed by atoms with Crippen LogP contribution in [0, 0.1) is 11.7 Å². The van der Waals surface area contributed by atoms with Gasteiger partial charge in [-0.2, -0.15) is 4.39 Å². The maximum Gasteiger partial charge on any atom is 0.210 e. The van der Waals surface area contributed by atoms with E-state index in [2.05, 4.69) is 0 Å². The molecule has 0 spiro atoms. The van der Waals surface area contributed by atoms with Crippen molar-refractivity contribution in [1.82, 2.24) is 0 Å². The molecule has 15 heavy (non-hydrogen) atoms. The lowest BCUT2D eigenvalue weighted by molar-refractivity contribution is 0.241. The van der Waals surface area contributed by atoms with Crippen LogP contribution in [0.5, 0.6) is 17.2 Å². The summed E-state index contributed by atoms with van der Waals surface area (Å²) >= 11 is 0. The molecule has 0 unspecified atom stereocenters. The number of hydrogen-bond donors (Lipinski definition) is 1. The Morgan fingerprint density at radius 1 is 1.40 bits per heavy atom. The van der Waals surface area contributed by atoms with E-state index >= 15 is 0 Å². The zero-order valence-corrected chi connectivity index (χ0v) is 9.08. The minimum Gasteiger partial charge on any atom is -0.505 e. The van der Waals surface area contributed by atoms with E-state index in [-0.39, 0.29) is 17.4 Å². The Morgan fingerprint density at radius 2 is 2.07 bits per heavy atom. The molecule has 0 aliphatic carbocycles. The van der Waals surface area contributed by atoms with Crippen LogP contribution in [0.15, 0.2) is 12.1 Å². The van der Waals surface area contributed by atoms with Gasteiger partial charge < -0.3 is 14.6 Å². The molecule has 0 amide bonds. The van der Waals surface area contributed by atoms with E-state index in [1.165, 1.54) is 19.2 Å².